The lowest BCUT2D eigenvalue weighted by Gasteiger charge is -2.25. The highest BCUT2D eigenvalue weighted by molar-refractivity contribution is 5.73. The Hall–Kier alpha value is -2.40. The van der Waals surface area contributed by atoms with Crippen LogP contribution in [0.2, 0.25) is 0 Å². The van der Waals surface area contributed by atoms with Crippen LogP contribution in [0.3, 0.4) is 0 Å². The van der Waals surface area contributed by atoms with Crippen LogP contribution in [0.1, 0.15) is 44.4 Å². The summed E-state index contributed by atoms with van der Waals surface area (Å²) in [4.78, 5) is 16.1. The predicted molar refractivity (Wildman–Crippen MR) is 106 cm³/mol. The van der Waals surface area contributed by atoms with Gasteiger partial charge < -0.3 is 16.0 Å². The van der Waals surface area contributed by atoms with Crippen molar-refractivity contribution in [1.82, 2.24) is 20.9 Å². The topological polar surface area (TPSA) is 66.0 Å². The molecule has 0 spiro atoms. The van der Waals surface area contributed by atoms with E-state index in [2.05, 4.69) is 66.0 Å². The molecule has 5 nitrogen and oxygen atoms in total. The van der Waals surface area contributed by atoms with E-state index in [1.54, 1.807) is 12.4 Å². The van der Waals surface area contributed by atoms with E-state index in [9.17, 15) is 4.79 Å². The van der Waals surface area contributed by atoms with Crippen molar-refractivity contribution in [3.63, 3.8) is 0 Å². The van der Waals surface area contributed by atoms with Gasteiger partial charge in [-0.3, -0.25) is 4.98 Å². The number of benzene rings is 1. The van der Waals surface area contributed by atoms with E-state index >= 15 is 0 Å². The third-order valence-electron chi connectivity index (χ3n) is 4.25. The minimum absolute atomic E-state index is 0.148. The van der Waals surface area contributed by atoms with Gasteiger partial charge in [0.25, 0.3) is 0 Å². The lowest BCUT2D eigenvalue weighted by atomic mass is 10.0. The summed E-state index contributed by atoms with van der Waals surface area (Å²) < 4.78 is 0. The fraction of sp³-hybridized carbons (Fsp3) is 0.429. The molecule has 0 bridgehead atoms. The third kappa shape index (κ3) is 7.23. The molecule has 2 amide bonds. The first-order valence-electron chi connectivity index (χ1n) is 9.26. The summed E-state index contributed by atoms with van der Waals surface area (Å²) in [7, 11) is 0. The second kappa shape index (κ2) is 10.6. The van der Waals surface area contributed by atoms with Crippen LogP contribution in [0.5, 0.6) is 0 Å². The van der Waals surface area contributed by atoms with Crippen LogP contribution in [0, 0.1) is 5.92 Å². The van der Waals surface area contributed by atoms with Crippen molar-refractivity contribution in [2.45, 2.75) is 45.8 Å². The zero-order valence-corrected chi connectivity index (χ0v) is 15.9. The van der Waals surface area contributed by atoms with Crippen LogP contribution >= 0.6 is 0 Å². The monoisotopic (exact) mass is 354 g/mol. The Morgan fingerprint density at radius 3 is 2.35 bits per heavy atom. The summed E-state index contributed by atoms with van der Waals surface area (Å²) in [5.74, 6) is 0.553. The number of nitrogens with one attached hydrogen (secondary N) is 3. The second-order valence-corrected chi connectivity index (χ2v) is 7.04. The molecule has 0 aliphatic heterocycles. The van der Waals surface area contributed by atoms with Gasteiger partial charge in [0.05, 0.1) is 0 Å². The Morgan fingerprint density at radius 1 is 1.00 bits per heavy atom. The largest absolute Gasteiger partial charge is 0.337 e. The normalized spacial score (nSPS) is 13.2. The van der Waals surface area contributed by atoms with Gasteiger partial charge in [0.2, 0.25) is 0 Å². The number of urea groups is 1. The molecule has 1 aromatic heterocycles. The maximum atomic E-state index is 12.1. The van der Waals surface area contributed by atoms with Crippen molar-refractivity contribution >= 4 is 6.03 Å². The Labute approximate surface area is 156 Å². The summed E-state index contributed by atoms with van der Waals surface area (Å²) in [6, 6.07) is 14.5. The minimum Gasteiger partial charge on any atom is -0.337 e. The third-order valence-corrected chi connectivity index (χ3v) is 4.25. The molecule has 1 heterocycles. The van der Waals surface area contributed by atoms with E-state index in [1.807, 2.05) is 18.2 Å². The standard InChI is InChI=1S/C21H30N4O/c1-16(2)13-20(25-17(3)19-7-5-4-6-8-19)15-24-21(26)23-14-18-9-11-22-12-10-18/h4-12,16-17,20,25H,13-15H2,1-3H3,(H2,23,24,26)/t17-,20+/m1/s1. The number of rotatable bonds is 9. The summed E-state index contributed by atoms with van der Waals surface area (Å²) >= 11 is 0. The average Bonchev–Trinajstić information content (AvgIpc) is 2.65. The second-order valence-electron chi connectivity index (χ2n) is 7.04. The van der Waals surface area contributed by atoms with Crippen LogP contribution in [-0.2, 0) is 6.54 Å². The van der Waals surface area contributed by atoms with E-state index < -0.39 is 0 Å². The first-order valence-corrected chi connectivity index (χ1v) is 9.26. The van der Waals surface area contributed by atoms with Gasteiger partial charge in [0.15, 0.2) is 0 Å². The van der Waals surface area contributed by atoms with Gasteiger partial charge in [-0.25, -0.2) is 4.79 Å². The molecule has 0 aliphatic rings. The van der Waals surface area contributed by atoms with E-state index in [0.29, 0.717) is 19.0 Å². The number of hydrogen-bond donors (Lipinski definition) is 3. The number of carbonyl (C=O) groups is 1. The van der Waals surface area contributed by atoms with Crippen molar-refractivity contribution in [3.8, 4) is 0 Å². The Morgan fingerprint density at radius 2 is 1.69 bits per heavy atom. The molecule has 2 rings (SSSR count). The van der Waals surface area contributed by atoms with Gasteiger partial charge in [0.1, 0.15) is 0 Å². The number of amides is 2. The molecule has 0 radical (unpaired) electrons. The van der Waals surface area contributed by atoms with Gasteiger partial charge in [-0.15, -0.1) is 0 Å². The Bertz CT molecular complexity index is 646. The SMILES string of the molecule is CC(C)C[C@@H](CNC(=O)NCc1ccncc1)N[C@H](C)c1ccccc1. The van der Waals surface area contributed by atoms with Gasteiger partial charge in [-0.2, -0.15) is 0 Å². The highest BCUT2D eigenvalue weighted by Crippen LogP contribution is 2.14. The van der Waals surface area contributed by atoms with Crippen molar-refractivity contribution in [3.05, 3.63) is 66.0 Å². The van der Waals surface area contributed by atoms with Crippen LogP contribution < -0.4 is 16.0 Å². The van der Waals surface area contributed by atoms with Crippen LogP contribution in [0.15, 0.2) is 54.9 Å². The van der Waals surface area contributed by atoms with Gasteiger partial charge in [0, 0.05) is 37.6 Å². The molecule has 0 saturated carbocycles. The molecule has 140 valence electrons. The van der Waals surface area contributed by atoms with Crippen molar-refractivity contribution < 1.29 is 4.79 Å². The maximum absolute atomic E-state index is 12.1. The predicted octanol–water partition coefficient (Wildman–Crippen LogP) is 3.65. The van der Waals surface area contributed by atoms with Crippen molar-refractivity contribution in [1.29, 1.82) is 0 Å². The molecule has 2 atom stereocenters. The first-order chi connectivity index (χ1) is 12.5. The molecule has 26 heavy (non-hydrogen) atoms. The number of nitrogens with zero attached hydrogens (tertiary/aromatic N) is 1. The average molecular weight is 354 g/mol. The molecular formula is C21H30N4O. The molecule has 5 heteroatoms. The smallest absolute Gasteiger partial charge is 0.315 e. The molecule has 2 aromatic rings. The molecule has 0 fully saturated rings. The molecular weight excluding hydrogens is 324 g/mol. The Kier molecular flexibility index (Phi) is 8.09. The summed E-state index contributed by atoms with van der Waals surface area (Å²) in [5, 5.41) is 9.52. The fourth-order valence-corrected chi connectivity index (χ4v) is 2.93. The quantitative estimate of drug-likeness (QED) is 0.644. The lowest BCUT2D eigenvalue weighted by molar-refractivity contribution is 0.237. The van der Waals surface area contributed by atoms with E-state index in [0.717, 1.165) is 12.0 Å². The van der Waals surface area contributed by atoms with E-state index in [-0.39, 0.29) is 18.1 Å². The van der Waals surface area contributed by atoms with Crippen LogP contribution in [0.4, 0.5) is 4.79 Å². The van der Waals surface area contributed by atoms with E-state index in [4.69, 9.17) is 0 Å². The number of carbonyl (C=O) groups excluding carboxylic acids is 1. The zero-order chi connectivity index (χ0) is 18.8. The van der Waals surface area contributed by atoms with Crippen molar-refractivity contribution in [2.24, 2.45) is 5.92 Å². The lowest BCUT2D eigenvalue weighted by Crippen LogP contribution is -2.45. The number of aromatic nitrogens is 1. The highest BCUT2D eigenvalue weighted by Gasteiger charge is 2.16. The van der Waals surface area contributed by atoms with Gasteiger partial charge in [-0.05, 0) is 42.5 Å². The van der Waals surface area contributed by atoms with Crippen molar-refractivity contribution in [2.75, 3.05) is 6.54 Å². The molecule has 3 N–H and O–H groups in total. The maximum Gasteiger partial charge on any atom is 0.315 e. The molecule has 1 aromatic carbocycles. The van der Waals surface area contributed by atoms with E-state index in [1.165, 1.54) is 5.56 Å². The fourth-order valence-electron chi connectivity index (χ4n) is 2.93. The molecule has 0 saturated heterocycles. The van der Waals surface area contributed by atoms with Gasteiger partial charge in [-0.1, -0.05) is 44.2 Å². The van der Waals surface area contributed by atoms with Gasteiger partial charge >= 0.3 is 6.03 Å². The van der Waals surface area contributed by atoms with Crippen LogP contribution in [-0.4, -0.2) is 23.6 Å². The molecule has 0 unspecified atom stereocenters. The zero-order valence-electron chi connectivity index (χ0n) is 15.9. The summed E-state index contributed by atoms with van der Waals surface area (Å²) in [5.41, 5.74) is 2.29. The summed E-state index contributed by atoms with van der Waals surface area (Å²) in [6.45, 7) is 7.65. The summed E-state index contributed by atoms with van der Waals surface area (Å²) in [6.07, 6.45) is 4.45. The van der Waals surface area contributed by atoms with Crippen LogP contribution in [0.25, 0.3) is 0 Å². The Balaban J connectivity index is 1.82. The minimum atomic E-state index is -0.148. The number of hydrogen-bond acceptors (Lipinski definition) is 3. The molecule has 0 aliphatic carbocycles. The highest BCUT2D eigenvalue weighted by atomic mass is 16.2. The first kappa shape index (κ1) is 19.9. The number of pyridine rings is 1.